The third-order valence-electron chi connectivity index (χ3n) is 2.62. The fourth-order valence-corrected chi connectivity index (χ4v) is 1.77. The van der Waals surface area contributed by atoms with Crippen LogP contribution in [0.3, 0.4) is 0 Å². The van der Waals surface area contributed by atoms with Gasteiger partial charge in [-0.3, -0.25) is 0 Å². The van der Waals surface area contributed by atoms with Crippen LogP contribution in [-0.2, 0) is 0 Å². The van der Waals surface area contributed by atoms with Gasteiger partial charge in [0, 0.05) is 5.92 Å². The Morgan fingerprint density at radius 2 is 1.60 bits per heavy atom. The van der Waals surface area contributed by atoms with Crippen LogP contribution in [0.1, 0.15) is 27.7 Å². The molecule has 1 heterocycles. The Labute approximate surface area is 64.6 Å². The summed E-state index contributed by atoms with van der Waals surface area (Å²) in [5.74, 6) is 0.866. The lowest BCUT2D eigenvalue weighted by Crippen LogP contribution is -2.36. The smallest absolute Gasteiger partial charge is 0.129 e. The largest absolute Gasteiger partial charge is 0.312 e. The molecule has 0 aromatic carbocycles. The van der Waals surface area contributed by atoms with Crippen LogP contribution < -0.4 is 0 Å². The van der Waals surface area contributed by atoms with E-state index >= 15 is 0 Å². The summed E-state index contributed by atoms with van der Waals surface area (Å²) in [7, 11) is 0. The summed E-state index contributed by atoms with van der Waals surface area (Å²) < 4.78 is 1.39. The zero-order chi connectivity index (χ0) is 7.78. The summed E-state index contributed by atoms with van der Waals surface area (Å²) in [6.45, 7) is 13.6. The van der Waals surface area contributed by atoms with E-state index in [0.717, 1.165) is 12.0 Å². The van der Waals surface area contributed by atoms with Crippen LogP contribution in [0.25, 0.3) is 0 Å². The molecule has 0 saturated carbocycles. The predicted molar refractivity (Wildman–Crippen MR) is 44.8 cm³/mol. The second-order valence-electron chi connectivity index (χ2n) is 4.34. The molecule has 1 aliphatic rings. The third-order valence-corrected chi connectivity index (χ3v) is 2.62. The first-order valence-electron chi connectivity index (χ1n) is 4.42. The minimum atomic E-state index is 0.849. The summed E-state index contributed by atoms with van der Waals surface area (Å²) in [4.78, 5) is 0. The number of rotatable bonds is 3. The van der Waals surface area contributed by atoms with E-state index < -0.39 is 0 Å². The van der Waals surface area contributed by atoms with Gasteiger partial charge < -0.3 is 4.48 Å². The van der Waals surface area contributed by atoms with E-state index in [9.17, 15) is 0 Å². The third kappa shape index (κ3) is 1.51. The molecular weight excluding hydrogens is 122 g/mol. The van der Waals surface area contributed by atoms with Crippen LogP contribution >= 0.6 is 0 Å². The maximum absolute atomic E-state index is 2.34. The van der Waals surface area contributed by atoms with Crippen molar-refractivity contribution >= 4 is 0 Å². The lowest BCUT2D eigenvalue weighted by molar-refractivity contribution is -0.826. The Morgan fingerprint density at radius 1 is 1.10 bits per heavy atom. The van der Waals surface area contributed by atoms with E-state index in [4.69, 9.17) is 0 Å². The molecule has 10 heavy (non-hydrogen) atoms. The highest BCUT2D eigenvalue weighted by molar-refractivity contribution is 4.62. The van der Waals surface area contributed by atoms with Crippen LogP contribution in [-0.4, -0.2) is 30.2 Å². The van der Waals surface area contributed by atoms with Crippen molar-refractivity contribution in [2.75, 3.05) is 19.6 Å². The average molecular weight is 142 g/mol. The minimum absolute atomic E-state index is 0.849. The van der Waals surface area contributed by atoms with E-state index in [2.05, 4.69) is 27.7 Å². The van der Waals surface area contributed by atoms with Crippen molar-refractivity contribution in [2.24, 2.45) is 5.92 Å². The van der Waals surface area contributed by atoms with Gasteiger partial charge in [0.25, 0.3) is 0 Å². The van der Waals surface area contributed by atoms with Gasteiger partial charge in [0.2, 0.25) is 0 Å². The highest BCUT2D eigenvalue weighted by atomic mass is 15.5. The Bertz CT molecular complexity index is 112. The SMILES string of the molecule is CC(C)C[N+]1(C(C)C)CC1. The molecule has 0 spiro atoms. The molecule has 60 valence electrons. The quantitative estimate of drug-likeness (QED) is 0.417. The lowest BCUT2D eigenvalue weighted by Gasteiger charge is -2.24. The molecule has 1 nitrogen and oxygen atoms in total. The van der Waals surface area contributed by atoms with Crippen molar-refractivity contribution in [3.05, 3.63) is 0 Å². The molecular formula is C9H20N+. The molecule has 0 amide bonds. The molecule has 0 atom stereocenters. The molecule has 0 aromatic rings. The van der Waals surface area contributed by atoms with Gasteiger partial charge in [0.1, 0.15) is 13.1 Å². The Hall–Kier alpha value is -0.0400. The Morgan fingerprint density at radius 3 is 1.70 bits per heavy atom. The normalized spacial score (nSPS) is 22.2. The molecule has 1 saturated heterocycles. The molecule has 0 aliphatic carbocycles. The van der Waals surface area contributed by atoms with E-state index in [-0.39, 0.29) is 0 Å². The summed E-state index contributed by atoms with van der Waals surface area (Å²) in [5, 5.41) is 0. The molecule has 0 radical (unpaired) electrons. The molecule has 1 heteroatoms. The number of hydrogen-bond donors (Lipinski definition) is 0. The van der Waals surface area contributed by atoms with Crippen molar-refractivity contribution < 1.29 is 4.48 Å². The summed E-state index contributed by atoms with van der Waals surface area (Å²) in [5.41, 5.74) is 0. The number of hydrogen-bond acceptors (Lipinski definition) is 0. The molecule has 1 rings (SSSR count). The topological polar surface area (TPSA) is 0 Å². The highest BCUT2D eigenvalue weighted by Gasteiger charge is 2.44. The minimum Gasteiger partial charge on any atom is -0.312 e. The average Bonchev–Trinajstić information content (AvgIpc) is 2.46. The second kappa shape index (κ2) is 2.54. The van der Waals surface area contributed by atoms with Crippen molar-refractivity contribution in [3.8, 4) is 0 Å². The van der Waals surface area contributed by atoms with Crippen LogP contribution in [0.2, 0.25) is 0 Å². The maximum atomic E-state index is 2.34. The fraction of sp³-hybridized carbons (Fsp3) is 1.00. The molecule has 1 aliphatic heterocycles. The standard InChI is InChI=1S/C9H20N/c1-8(2)7-10(5-6-10)9(3)4/h8-9H,5-7H2,1-4H3/q+1. The zero-order valence-electron chi connectivity index (χ0n) is 7.72. The summed E-state index contributed by atoms with van der Waals surface area (Å²) in [6, 6.07) is 0.849. The van der Waals surface area contributed by atoms with Gasteiger partial charge in [-0.05, 0) is 13.8 Å². The van der Waals surface area contributed by atoms with Gasteiger partial charge in [-0.1, -0.05) is 13.8 Å². The molecule has 1 fully saturated rings. The summed E-state index contributed by atoms with van der Waals surface area (Å²) in [6.07, 6.45) is 0. The molecule has 0 aromatic heterocycles. The van der Waals surface area contributed by atoms with Crippen molar-refractivity contribution in [3.63, 3.8) is 0 Å². The van der Waals surface area contributed by atoms with Gasteiger partial charge in [-0.15, -0.1) is 0 Å². The van der Waals surface area contributed by atoms with Gasteiger partial charge in [-0.2, -0.15) is 0 Å². The molecule has 0 N–H and O–H groups in total. The summed E-state index contributed by atoms with van der Waals surface area (Å²) >= 11 is 0. The first kappa shape index (κ1) is 8.06. The van der Waals surface area contributed by atoms with Crippen LogP contribution in [0.5, 0.6) is 0 Å². The Kier molecular flexibility index (Phi) is 2.04. The monoisotopic (exact) mass is 142 g/mol. The van der Waals surface area contributed by atoms with Crippen LogP contribution in [0.4, 0.5) is 0 Å². The maximum Gasteiger partial charge on any atom is 0.129 e. The number of nitrogens with zero attached hydrogens (tertiary/aromatic N) is 1. The van der Waals surface area contributed by atoms with Gasteiger partial charge in [0.15, 0.2) is 0 Å². The van der Waals surface area contributed by atoms with E-state index in [1.54, 1.807) is 0 Å². The Balaban J connectivity index is 2.38. The highest BCUT2D eigenvalue weighted by Crippen LogP contribution is 2.27. The predicted octanol–water partition coefficient (Wildman–Crippen LogP) is 1.88. The van der Waals surface area contributed by atoms with Crippen molar-refractivity contribution in [1.29, 1.82) is 0 Å². The zero-order valence-corrected chi connectivity index (χ0v) is 7.72. The van der Waals surface area contributed by atoms with E-state index in [1.165, 1.54) is 24.1 Å². The van der Waals surface area contributed by atoms with Crippen LogP contribution in [0, 0.1) is 5.92 Å². The van der Waals surface area contributed by atoms with Crippen molar-refractivity contribution in [1.82, 2.24) is 0 Å². The van der Waals surface area contributed by atoms with E-state index in [1.807, 2.05) is 0 Å². The van der Waals surface area contributed by atoms with Gasteiger partial charge in [0.05, 0.1) is 12.6 Å². The molecule has 0 unspecified atom stereocenters. The van der Waals surface area contributed by atoms with E-state index in [0.29, 0.717) is 0 Å². The fourth-order valence-electron chi connectivity index (χ4n) is 1.77. The van der Waals surface area contributed by atoms with Gasteiger partial charge in [-0.25, -0.2) is 0 Å². The van der Waals surface area contributed by atoms with Crippen LogP contribution in [0.15, 0.2) is 0 Å². The lowest BCUT2D eigenvalue weighted by atomic mass is 10.2. The van der Waals surface area contributed by atoms with Gasteiger partial charge >= 0.3 is 0 Å². The van der Waals surface area contributed by atoms with Crippen molar-refractivity contribution in [2.45, 2.75) is 33.7 Å². The number of quaternary nitrogens is 1. The first-order valence-corrected chi connectivity index (χ1v) is 4.42. The first-order chi connectivity index (χ1) is 4.57. The molecule has 0 bridgehead atoms. The second-order valence-corrected chi connectivity index (χ2v) is 4.34.